The molecule has 0 bridgehead atoms. The smallest absolute Gasteiger partial charge is 0.217 e. The van der Waals surface area contributed by atoms with E-state index >= 15 is 0 Å². The van der Waals surface area contributed by atoms with Gasteiger partial charge in [0.05, 0.1) is 17.9 Å². The second kappa shape index (κ2) is 8.50. The SMILES string of the molecule is CC(=O)NC1C2CN(c3cc4c(Nc5ccc(Oc6cccnc6)c(C)c5)ncnc4cn3)CC21. The van der Waals surface area contributed by atoms with Crippen molar-refractivity contribution in [1.29, 1.82) is 0 Å². The fraction of sp³-hybridized carbons (Fsp3) is 0.269. The fourth-order valence-corrected chi connectivity index (χ4v) is 4.90. The van der Waals surface area contributed by atoms with Crippen LogP contribution in [-0.2, 0) is 4.79 Å². The maximum absolute atomic E-state index is 11.4. The Morgan fingerprint density at radius 2 is 1.94 bits per heavy atom. The van der Waals surface area contributed by atoms with Gasteiger partial charge in [-0.1, -0.05) is 0 Å². The first-order valence-corrected chi connectivity index (χ1v) is 11.6. The van der Waals surface area contributed by atoms with Crippen molar-refractivity contribution in [3.05, 3.63) is 66.9 Å². The van der Waals surface area contributed by atoms with Gasteiger partial charge in [0.2, 0.25) is 5.91 Å². The number of piperidine rings is 1. The highest BCUT2D eigenvalue weighted by molar-refractivity contribution is 5.92. The minimum atomic E-state index is 0.0413. The van der Waals surface area contributed by atoms with E-state index in [9.17, 15) is 4.79 Å². The summed E-state index contributed by atoms with van der Waals surface area (Å²) in [4.78, 5) is 31.3. The number of aromatic nitrogens is 4. The van der Waals surface area contributed by atoms with Gasteiger partial charge in [0.15, 0.2) is 0 Å². The normalized spacial score (nSPS) is 20.4. The molecule has 2 fully saturated rings. The topological polar surface area (TPSA) is 105 Å². The summed E-state index contributed by atoms with van der Waals surface area (Å²) in [5.41, 5.74) is 2.67. The summed E-state index contributed by atoms with van der Waals surface area (Å²) in [6.07, 6.45) is 6.74. The molecule has 2 atom stereocenters. The van der Waals surface area contributed by atoms with Crippen LogP contribution in [0.3, 0.4) is 0 Å². The summed E-state index contributed by atoms with van der Waals surface area (Å²) in [6, 6.07) is 12.0. The monoisotopic (exact) mass is 467 g/mol. The van der Waals surface area contributed by atoms with Crippen molar-refractivity contribution in [3.63, 3.8) is 0 Å². The lowest BCUT2D eigenvalue weighted by Gasteiger charge is -2.21. The van der Waals surface area contributed by atoms with Gasteiger partial charge in [-0.15, -0.1) is 0 Å². The molecule has 4 aromatic rings. The van der Waals surface area contributed by atoms with Crippen LogP contribution in [-0.4, -0.2) is 45.0 Å². The molecular weight excluding hydrogens is 442 g/mol. The summed E-state index contributed by atoms with van der Waals surface area (Å²) in [5.74, 6) is 4.13. The van der Waals surface area contributed by atoms with E-state index in [1.807, 2.05) is 43.3 Å². The molecule has 1 aliphatic carbocycles. The Bertz CT molecular complexity index is 1400. The third-order valence-corrected chi connectivity index (χ3v) is 6.70. The summed E-state index contributed by atoms with van der Waals surface area (Å²) in [7, 11) is 0. The zero-order valence-corrected chi connectivity index (χ0v) is 19.5. The summed E-state index contributed by atoms with van der Waals surface area (Å²) < 4.78 is 5.95. The van der Waals surface area contributed by atoms with Crippen molar-refractivity contribution in [3.8, 4) is 11.5 Å². The largest absolute Gasteiger partial charge is 0.455 e. The van der Waals surface area contributed by atoms with E-state index in [0.717, 1.165) is 52.6 Å². The van der Waals surface area contributed by atoms with Crippen LogP contribution in [0.5, 0.6) is 11.5 Å². The zero-order valence-electron chi connectivity index (χ0n) is 19.5. The van der Waals surface area contributed by atoms with Gasteiger partial charge in [-0.3, -0.25) is 9.78 Å². The Labute approximate surface area is 202 Å². The number of carbonyl (C=O) groups is 1. The molecule has 1 aromatic carbocycles. The van der Waals surface area contributed by atoms with Crippen LogP contribution in [0.25, 0.3) is 10.9 Å². The standard InChI is InChI=1S/C26H25N7O2/c1-15-8-17(5-6-23(15)35-18-4-3-7-27-10-18)32-26-19-9-24(28-11-22(19)29-14-30-26)33-12-20-21(13-33)25(20)31-16(2)34/h3-11,14,20-21,25H,12-13H2,1-2H3,(H,31,34)(H,29,30,32). The van der Waals surface area contributed by atoms with Crippen LogP contribution in [0, 0.1) is 18.8 Å². The number of anilines is 3. The van der Waals surface area contributed by atoms with Crippen molar-refractivity contribution in [1.82, 2.24) is 25.3 Å². The number of amides is 1. The first-order valence-electron chi connectivity index (χ1n) is 11.6. The van der Waals surface area contributed by atoms with E-state index in [4.69, 9.17) is 4.74 Å². The Morgan fingerprint density at radius 1 is 1.09 bits per heavy atom. The zero-order chi connectivity index (χ0) is 23.9. The van der Waals surface area contributed by atoms with Crippen LogP contribution in [0.1, 0.15) is 12.5 Å². The van der Waals surface area contributed by atoms with Gasteiger partial charge < -0.3 is 20.3 Å². The summed E-state index contributed by atoms with van der Waals surface area (Å²) in [6.45, 7) is 5.36. The van der Waals surface area contributed by atoms with Gasteiger partial charge in [-0.25, -0.2) is 15.0 Å². The van der Waals surface area contributed by atoms with Crippen LogP contribution in [0.15, 0.2) is 61.3 Å². The lowest BCUT2D eigenvalue weighted by molar-refractivity contribution is -0.119. The second-order valence-electron chi connectivity index (χ2n) is 9.14. The molecule has 2 unspecified atom stereocenters. The average Bonchev–Trinajstić information content (AvgIpc) is 3.27. The maximum Gasteiger partial charge on any atom is 0.217 e. The fourth-order valence-electron chi connectivity index (χ4n) is 4.90. The Kier molecular flexibility index (Phi) is 5.17. The van der Waals surface area contributed by atoms with Crippen LogP contribution < -0.4 is 20.3 Å². The molecule has 0 radical (unpaired) electrons. The van der Waals surface area contributed by atoms with Gasteiger partial charge >= 0.3 is 0 Å². The molecule has 0 spiro atoms. The molecule has 1 amide bonds. The number of nitrogens with zero attached hydrogens (tertiary/aromatic N) is 5. The van der Waals surface area contributed by atoms with E-state index in [-0.39, 0.29) is 5.91 Å². The molecule has 6 rings (SSSR count). The van der Waals surface area contributed by atoms with E-state index < -0.39 is 0 Å². The van der Waals surface area contributed by atoms with Crippen molar-refractivity contribution in [2.45, 2.75) is 19.9 Å². The van der Waals surface area contributed by atoms with Gasteiger partial charge in [0.25, 0.3) is 0 Å². The first kappa shape index (κ1) is 21.3. The predicted molar refractivity (Wildman–Crippen MR) is 133 cm³/mol. The van der Waals surface area contributed by atoms with E-state index in [1.54, 1.807) is 31.8 Å². The Balaban J connectivity index is 1.21. The average molecular weight is 468 g/mol. The number of hydrogen-bond donors (Lipinski definition) is 2. The molecular formula is C26H25N7O2. The molecule has 9 nitrogen and oxygen atoms in total. The molecule has 2 N–H and O–H groups in total. The minimum Gasteiger partial charge on any atom is -0.455 e. The molecule has 2 aliphatic rings. The van der Waals surface area contributed by atoms with Gasteiger partial charge in [0, 0.05) is 55.2 Å². The van der Waals surface area contributed by atoms with Gasteiger partial charge in [0.1, 0.15) is 29.5 Å². The molecule has 176 valence electrons. The molecule has 1 saturated carbocycles. The number of benzene rings is 1. The number of rotatable bonds is 6. The highest BCUT2D eigenvalue weighted by Gasteiger charge is 2.56. The number of ether oxygens (including phenoxy) is 1. The molecule has 9 heteroatoms. The van der Waals surface area contributed by atoms with E-state index in [1.165, 1.54) is 0 Å². The summed E-state index contributed by atoms with van der Waals surface area (Å²) in [5, 5.41) is 7.39. The van der Waals surface area contributed by atoms with Gasteiger partial charge in [-0.05, 0) is 48.9 Å². The quantitative estimate of drug-likeness (QED) is 0.441. The number of pyridine rings is 2. The summed E-state index contributed by atoms with van der Waals surface area (Å²) >= 11 is 0. The second-order valence-corrected chi connectivity index (χ2v) is 9.14. The maximum atomic E-state index is 11.4. The molecule has 3 aromatic heterocycles. The minimum absolute atomic E-state index is 0.0413. The highest BCUT2D eigenvalue weighted by atomic mass is 16.5. The van der Waals surface area contributed by atoms with E-state index in [2.05, 4.69) is 35.5 Å². The number of hydrogen-bond acceptors (Lipinski definition) is 8. The number of aryl methyl sites for hydroxylation is 1. The van der Waals surface area contributed by atoms with Crippen molar-refractivity contribution in [2.75, 3.05) is 23.3 Å². The lowest BCUT2D eigenvalue weighted by Crippen LogP contribution is -2.33. The van der Waals surface area contributed by atoms with E-state index in [0.29, 0.717) is 23.6 Å². The molecule has 1 saturated heterocycles. The number of fused-ring (bicyclic) bond motifs is 2. The Morgan fingerprint density at radius 3 is 2.69 bits per heavy atom. The third-order valence-electron chi connectivity index (χ3n) is 6.70. The first-order chi connectivity index (χ1) is 17.0. The van der Waals surface area contributed by atoms with Crippen molar-refractivity contribution >= 4 is 34.1 Å². The highest BCUT2D eigenvalue weighted by Crippen LogP contribution is 2.46. The van der Waals surface area contributed by atoms with Crippen LogP contribution in [0.4, 0.5) is 17.3 Å². The molecule has 35 heavy (non-hydrogen) atoms. The number of carbonyl (C=O) groups excluding carboxylic acids is 1. The van der Waals surface area contributed by atoms with Crippen molar-refractivity contribution in [2.24, 2.45) is 11.8 Å². The van der Waals surface area contributed by atoms with Gasteiger partial charge in [-0.2, -0.15) is 0 Å². The van der Waals surface area contributed by atoms with Crippen LogP contribution in [0.2, 0.25) is 0 Å². The van der Waals surface area contributed by atoms with Crippen LogP contribution >= 0.6 is 0 Å². The third kappa shape index (κ3) is 4.21. The Hall–Kier alpha value is -4.27. The lowest BCUT2D eigenvalue weighted by atomic mass is 10.2. The predicted octanol–water partition coefficient (Wildman–Crippen LogP) is 3.83. The molecule has 4 heterocycles. The van der Waals surface area contributed by atoms with Crippen molar-refractivity contribution < 1.29 is 9.53 Å². The number of nitrogens with one attached hydrogen (secondary N) is 2. The molecule has 1 aliphatic heterocycles.